The fourth-order valence-electron chi connectivity index (χ4n) is 4.74. The molecule has 0 radical (unpaired) electrons. The number of rotatable bonds is 8. The van der Waals surface area contributed by atoms with Gasteiger partial charge < -0.3 is 29.6 Å². The maximum atomic E-state index is 12.8. The minimum absolute atomic E-state index is 0.0128. The van der Waals surface area contributed by atoms with E-state index in [-0.39, 0.29) is 36.4 Å². The number of halogens is 1. The van der Waals surface area contributed by atoms with E-state index in [0.29, 0.717) is 24.0 Å². The van der Waals surface area contributed by atoms with Crippen molar-refractivity contribution in [1.29, 1.82) is 0 Å². The van der Waals surface area contributed by atoms with Crippen LogP contribution in [-0.2, 0) is 13.6 Å². The Morgan fingerprint density at radius 3 is 2.69 bits per heavy atom. The molecule has 2 aromatic rings. The van der Waals surface area contributed by atoms with Crippen LogP contribution in [0.1, 0.15) is 32.7 Å². The Bertz CT molecular complexity index is 963. The Morgan fingerprint density at radius 1 is 1.34 bits per heavy atom. The van der Waals surface area contributed by atoms with Crippen LogP contribution in [0.15, 0.2) is 6.33 Å². The van der Waals surface area contributed by atoms with Gasteiger partial charge in [0.2, 0.25) is 5.28 Å². The lowest BCUT2D eigenvalue weighted by atomic mass is 9.96. The first kappa shape index (κ1) is 21.0. The molecule has 0 aliphatic heterocycles. The van der Waals surface area contributed by atoms with E-state index < -0.39 is 31.3 Å². The molecule has 0 aromatic carbocycles. The van der Waals surface area contributed by atoms with E-state index >= 15 is 0 Å². The number of nitrogen functional groups attached to an aromatic ring is 1. The van der Waals surface area contributed by atoms with Crippen molar-refractivity contribution in [3.8, 4) is 0 Å². The van der Waals surface area contributed by atoms with Crippen LogP contribution in [-0.4, -0.2) is 61.3 Å². The van der Waals surface area contributed by atoms with Crippen LogP contribution in [0.5, 0.6) is 0 Å². The topological polar surface area (TPSA) is 146 Å². The van der Waals surface area contributed by atoms with Gasteiger partial charge in [0.15, 0.2) is 11.5 Å². The van der Waals surface area contributed by atoms with Crippen LogP contribution in [0.3, 0.4) is 0 Å². The fraction of sp³-hybridized carbons (Fsp3) is 0.706. The SMILES string of the molecule is CCOP(=O)(CCC12CC1C(n1cnc3c(N)nc(Cl)nc31)C(O)C2O)OCC. The van der Waals surface area contributed by atoms with Gasteiger partial charge in [-0.1, -0.05) is 0 Å². The summed E-state index contributed by atoms with van der Waals surface area (Å²) in [5.41, 5.74) is 6.13. The molecule has 160 valence electrons. The summed E-state index contributed by atoms with van der Waals surface area (Å²) in [6.07, 6.45) is 0.830. The van der Waals surface area contributed by atoms with Crippen LogP contribution < -0.4 is 5.73 Å². The van der Waals surface area contributed by atoms with Gasteiger partial charge in [-0.25, -0.2) is 4.98 Å². The number of imidazole rings is 1. The van der Waals surface area contributed by atoms with Gasteiger partial charge in [-0.05, 0) is 44.2 Å². The summed E-state index contributed by atoms with van der Waals surface area (Å²) >= 11 is 5.94. The highest BCUT2D eigenvalue weighted by molar-refractivity contribution is 7.53. The van der Waals surface area contributed by atoms with Gasteiger partial charge in [-0.3, -0.25) is 4.57 Å². The number of fused-ring (bicyclic) bond motifs is 2. The molecule has 0 saturated heterocycles. The third kappa shape index (κ3) is 3.36. The van der Waals surface area contributed by atoms with E-state index in [9.17, 15) is 14.8 Å². The van der Waals surface area contributed by atoms with Gasteiger partial charge in [0.05, 0.1) is 37.8 Å². The molecule has 0 bridgehead atoms. The zero-order valence-corrected chi connectivity index (χ0v) is 17.9. The standard InChI is InChI=1S/C17H25ClN5O5P/c1-3-27-29(26,28-4-2)6-5-17-7-9(17)11(12(24)13(17)25)23-8-20-10-14(19)21-16(18)22-15(10)23/h8-9,11-13,24-25H,3-7H2,1-2H3,(H2,19,21,22). The Labute approximate surface area is 172 Å². The molecular formula is C17H25ClN5O5P. The summed E-state index contributed by atoms with van der Waals surface area (Å²) in [5, 5.41) is 21.6. The molecule has 2 aliphatic rings. The summed E-state index contributed by atoms with van der Waals surface area (Å²) in [6, 6.07) is -0.445. The first-order chi connectivity index (χ1) is 13.8. The van der Waals surface area contributed by atoms with Gasteiger partial charge in [0.1, 0.15) is 11.6 Å². The maximum absolute atomic E-state index is 12.8. The Balaban J connectivity index is 1.60. The van der Waals surface area contributed by atoms with Crippen molar-refractivity contribution in [2.75, 3.05) is 25.1 Å². The highest BCUT2D eigenvalue weighted by Gasteiger charge is 2.71. The third-order valence-corrected chi connectivity index (χ3v) is 8.34. The number of hydrogen-bond acceptors (Lipinski definition) is 9. The van der Waals surface area contributed by atoms with Gasteiger partial charge in [0.25, 0.3) is 0 Å². The van der Waals surface area contributed by atoms with Crippen LogP contribution >= 0.6 is 19.2 Å². The van der Waals surface area contributed by atoms with E-state index in [1.807, 2.05) is 0 Å². The van der Waals surface area contributed by atoms with Crippen molar-refractivity contribution < 1.29 is 23.8 Å². The van der Waals surface area contributed by atoms with E-state index in [1.54, 1.807) is 18.4 Å². The number of nitrogens with zero attached hydrogens (tertiary/aromatic N) is 4. The average Bonchev–Trinajstić information content (AvgIpc) is 3.16. The number of aliphatic hydroxyl groups excluding tert-OH is 2. The monoisotopic (exact) mass is 445 g/mol. The van der Waals surface area contributed by atoms with E-state index in [4.69, 9.17) is 26.4 Å². The maximum Gasteiger partial charge on any atom is 0.330 e. The Hall–Kier alpha value is -1.29. The summed E-state index contributed by atoms with van der Waals surface area (Å²) in [6.45, 7) is 4.09. The third-order valence-electron chi connectivity index (χ3n) is 6.10. The van der Waals surface area contributed by atoms with E-state index in [0.717, 1.165) is 0 Å². The van der Waals surface area contributed by atoms with Crippen molar-refractivity contribution in [2.45, 2.75) is 44.9 Å². The number of aromatic nitrogens is 4. The molecule has 12 heteroatoms. The number of hydrogen-bond donors (Lipinski definition) is 3. The van der Waals surface area contributed by atoms with Crippen molar-refractivity contribution in [3.63, 3.8) is 0 Å². The van der Waals surface area contributed by atoms with Gasteiger partial charge in [-0.15, -0.1) is 0 Å². The van der Waals surface area contributed by atoms with Gasteiger partial charge in [0, 0.05) is 5.41 Å². The molecule has 2 aliphatic carbocycles. The molecule has 2 fully saturated rings. The normalized spacial score (nSPS) is 31.3. The smallest absolute Gasteiger partial charge is 0.330 e. The first-order valence-electron chi connectivity index (χ1n) is 9.66. The second-order valence-corrected chi connectivity index (χ2v) is 10.1. The minimum Gasteiger partial charge on any atom is -0.390 e. The van der Waals surface area contributed by atoms with Crippen molar-refractivity contribution >= 4 is 36.2 Å². The van der Waals surface area contributed by atoms with Crippen LogP contribution in [0.4, 0.5) is 5.82 Å². The molecular weight excluding hydrogens is 421 g/mol. The number of nitrogens with two attached hydrogens (primary N) is 1. The zero-order chi connectivity index (χ0) is 21.0. The predicted molar refractivity (Wildman–Crippen MR) is 107 cm³/mol. The molecule has 2 heterocycles. The van der Waals surface area contributed by atoms with E-state index in [1.165, 1.54) is 6.33 Å². The molecule has 4 N–H and O–H groups in total. The second-order valence-electron chi connectivity index (χ2n) is 7.59. The highest BCUT2D eigenvalue weighted by Crippen LogP contribution is 2.71. The molecule has 5 atom stereocenters. The average molecular weight is 446 g/mol. The van der Waals surface area contributed by atoms with Crippen molar-refractivity contribution in [3.05, 3.63) is 11.6 Å². The van der Waals surface area contributed by atoms with Crippen LogP contribution in [0.25, 0.3) is 11.2 Å². The molecule has 5 unspecified atom stereocenters. The highest BCUT2D eigenvalue weighted by atomic mass is 35.5. The minimum atomic E-state index is -3.23. The van der Waals surface area contributed by atoms with Crippen LogP contribution in [0, 0.1) is 11.3 Å². The zero-order valence-electron chi connectivity index (χ0n) is 16.2. The fourth-order valence-corrected chi connectivity index (χ4v) is 6.72. The van der Waals surface area contributed by atoms with Crippen molar-refractivity contribution in [2.24, 2.45) is 11.3 Å². The summed E-state index contributed by atoms with van der Waals surface area (Å²) in [7, 11) is -3.23. The number of aliphatic hydroxyl groups is 2. The summed E-state index contributed by atoms with van der Waals surface area (Å²) in [4.78, 5) is 12.4. The lowest BCUT2D eigenvalue weighted by molar-refractivity contribution is -0.0184. The van der Waals surface area contributed by atoms with E-state index in [2.05, 4.69) is 15.0 Å². The lowest BCUT2D eigenvalue weighted by Crippen LogP contribution is -2.34. The molecule has 2 aromatic heterocycles. The molecule has 4 rings (SSSR count). The Morgan fingerprint density at radius 2 is 2.03 bits per heavy atom. The van der Waals surface area contributed by atoms with Gasteiger partial charge >= 0.3 is 7.60 Å². The molecule has 10 nitrogen and oxygen atoms in total. The summed E-state index contributed by atoms with van der Waals surface area (Å²) < 4.78 is 25.3. The summed E-state index contributed by atoms with van der Waals surface area (Å²) in [5.74, 6) is 0.125. The largest absolute Gasteiger partial charge is 0.390 e. The predicted octanol–water partition coefficient (Wildman–Crippen LogP) is 2.00. The Kier molecular flexibility index (Phi) is 5.38. The van der Waals surface area contributed by atoms with Crippen LogP contribution in [0.2, 0.25) is 5.28 Å². The first-order valence-corrected chi connectivity index (χ1v) is 11.8. The van der Waals surface area contributed by atoms with Crippen molar-refractivity contribution in [1.82, 2.24) is 19.5 Å². The lowest BCUT2D eigenvalue weighted by Gasteiger charge is -2.25. The quantitative estimate of drug-likeness (QED) is 0.410. The molecule has 0 amide bonds. The molecule has 0 spiro atoms. The second kappa shape index (κ2) is 7.44. The number of anilines is 1. The molecule has 29 heavy (non-hydrogen) atoms. The van der Waals surface area contributed by atoms with Gasteiger partial charge in [-0.2, -0.15) is 9.97 Å². The molecule has 2 saturated carbocycles.